The normalized spacial score (nSPS) is 20.6. The van der Waals surface area contributed by atoms with E-state index >= 15 is 0 Å². The van der Waals surface area contributed by atoms with Crippen molar-refractivity contribution in [3.8, 4) is 5.75 Å². The highest BCUT2D eigenvalue weighted by molar-refractivity contribution is 6.30. The van der Waals surface area contributed by atoms with E-state index in [1.54, 1.807) is 0 Å². The molecule has 2 heterocycles. The Balaban J connectivity index is 1.24. The number of carbonyl (C=O) groups is 1. The number of nitrogens with one attached hydrogen (secondary N) is 1. The summed E-state index contributed by atoms with van der Waals surface area (Å²) in [6.07, 6.45) is 2.74. The number of hydrogen-bond acceptors (Lipinski definition) is 3. The monoisotopic (exact) mass is 384 g/mol. The number of rotatable bonds is 4. The topological polar surface area (TPSA) is 41.6 Å². The molecule has 2 aliphatic heterocycles. The van der Waals surface area contributed by atoms with Gasteiger partial charge in [0.2, 0.25) is 5.91 Å². The van der Waals surface area contributed by atoms with Gasteiger partial charge in [-0.2, -0.15) is 0 Å². The van der Waals surface area contributed by atoms with Crippen LogP contribution in [0.1, 0.15) is 24.0 Å². The Morgan fingerprint density at radius 3 is 2.63 bits per heavy atom. The molecule has 1 fully saturated rings. The molecule has 5 heteroatoms. The predicted octanol–water partition coefficient (Wildman–Crippen LogP) is 3.67. The van der Waals surface area contributed by atoms with Gasteiger partial charge in [-0.3, -0.25) is 9.69 Å². The van der Waals surface area contributed by atoms with Crippen LogP contribution in [0.25, 0.3) is 0 Å². The van der Waals surface area contributed by atoms with Crippen molar-refractivity contribution in [1.82, 2.24) is 10.2 Å². The summed E-state index contributed by atoms with van der Waals surface area (Å²) >= 11 is 5.95. The van der Waals surface area contributed by atoms with Crippen molar-refractivity contribution < 1.29 is 9.53 Å². The van der Waals surface area contributed by atoms with Crippen LogP contribution in [-0.4, -0.2) is 36.5 Å². The Morgan fingerprint density at radius 2 is 1.85 bits per heavy atom. The van der Waals surface area contributed by atoms with E-state index in [-0.39, 0.29) is 17.9 Å². The average molecular weight is 385 g/mol. The van der Waals surface area contributed by atoms with Crippen LogP contribution >= 0.6 is 11.6 Å². The Morgan fingerprint density at radius 1 is 1.11 bits per heavy atom. The van der Waals surface area contributed by atoms with Crippen molar-refractivity contribution in [2.24, 2.45) is 5.92 Å². The van der Waals surface area contributed by atoms with E-state index in [0.717, 1.165) is 55.2 Å². The van der Waals surface area contributed by atoms with E-state index in [1.807, 2.05) is 36.4 Å². The summed E-state index contributed by atoms with van der Waals surface area (Å²) in [4.78, 5) is 15.1. The van der Waals surface area contributed by atoms with Gasteiger partial charge in [0.1, 0.15) is 12.4 Å². The lowest BCUT2D eigenvalue weighted by molar-refractivity contribution is -0.127. The van der Waals surface area contributed by atoms with Gasteiger partial charge >= 0.3 is 0 Å². The first-order chi connectivity index (χ1) is 13.2. The first-order valence-electron chi connectivity index (χ1n) is 9.65. The van der Waals surface area contributed by atoms with Crippen molar-refractivity contribution in [2.45, 2.75) is 31.8 Å². The molecule has 0 aromatic heterocycles. The SMILES string of the molecule is O=C(NC1CCN(Cc2ccc(Cl)cc2)CC1)C1COc2ccccc2C1. The minimum absolute atomic E-state index is 0.0907. The summed E-state index contributed by atoms with van der Waals surface area (Å²) in [5.41, 5.74) is 2.40. The second kappa shape index (κ2) is 8.32. The molecule has 142 valence electrons. The van der Waals surface area contributed by atoms with E-state index in [1.165, 1.54) is 5.56 Å². The molecule has 0 radical (unpaired) electrons. The lowest BCUT2D eigenvalue weighted by atomic mass is 9.95. The molecule has 0 aliphatic carbocycles. The number of halogens is 1. The quantitative estimate of drug-likeness (QED) is 0.874. The van der Waals surface area contributed by atoms with Crippen molar-refractivity contribution in [3.63, 3.8) is 0 Å². The van der Waals surface area contributed by atoms with Crippen LogP contribution < -0.4 is 10.1 Å². The van der Waals surface area contributed by atoms with Crippen LogP contribution in [0.2, 0.25) is 5.02 Å². The van der Waals surface area contributed by atoms with Crippen molar-refractivity contribution in [1.29, 1.82) is 0 Å². The predicted molar refractivity (Wildman–Crippen MR) is 107 cm³/mol. The van der Waals surface area contributed by atoms with Gasteiger partial charge in [0, 0.05) is 30.7 Å². The number of para-hydroxylation sites is 1. The molecule has 1 amide bonds. The minimum atomic E-state index is -0.0907. The molecule has 4 nitrogen and oxygen atoms in total. The number of benzene rings is 2. The molecule has 0 saturated carbocycles. The van der Waals surface area contributed by atoms with Crippen molar-refractivity contribution >= 4 is 17.5 Å². The van der Waals surface area contributed by atoms with Gasteiger partial charge in [-0.1, -0.05) is 41.9 Å². The number of fused-ring (bicyclic) bond motifs is 1. The number of nitrogens with zero attached hydrogens (tertiary/aromatic N) is 1. The average Bonchev–Trinajstić information content (AvgIpc) is 2.71. The highest BCUT2D eigenvalue weighted by Gasteiger charge is 2.28. The molecular formula is C22H25ClN2O2. The maximum absolute atomic E-state index is 12.7. The third kappa shape index (κ3) is 4.63. The first-order valence-corrected chi connectivity index (χ1v) is 10.0. The fourth-order valence-corrected chi connectivity index (χ4v) is 4.02. The molecule has 1 unspecified atom stereocenters. The third-order valence-corrected chi connectivity index (χ3v) is 5.76. The van der Waals surface area contributed by atoms with E-state index in [4.69, 9.17) is 16.3 Å². The summed E-state index contributed by atoms with van der Waals surface area (Å²) in [5, 5.41) is 4.02. The van der Waals surface area contributed by atoms with Gasteiger partial charge in [0.05, 0.1) is 5.92 Å². The number of likely N-dealkylation sites (tertiary alicyclic amines) is 1. The lowest BCUT2D eigenvalue weighted by Gasteiger charge is -2.33. The van der Waals surface area contributed by atoms with Crippen LogP contribution in [-0.2, 0) is 17.8 Å². The summed E-state index contributed by atoms with van der Waals surface area (Å²) in [5.74, 6) is 0.949. The fourth-order valence-electron chi connectivity index (χ4n) is 3.90. The molecule has 0 spiro atoms. The van der Waals surface area contributed by atoms with Crippen LogP contribution in [0, 0.1) is 5.92 Å². The van der Waals surface area contributed by atoms with Crippen LogP contribution in [0.15, 0.2) is 48.5 Å². The summed E-state index contributed by atoms with van der Waals surface area (Å²) in [6.45, 7) is 3.40. The highest BCUT2D eigenvalue weighted by atomic mass is 35.5. The number of amides is 1. The molecule has 1 N–H and O–H groups in total. The minimum Gasteiger partial charge on any atom is -0.492 e. The van der Waals surface area contributed by atoms with Crippen LogP contribution in [0.3, 0.4) is 0 Å². The number of ether oxygens (including phenoxy) is 1. The van der Waals surface area contributed by atoms with Crippen molar-refractivity contribution in [2.75, 3.05) is 19.7 Å². The van der Waals surface area contributed by atoms with Crippen LogP contribution in [0.5, 0.6) is 5.75 Å². The molecule has 4 rings (SSSR count). The molecule has 2 aliphatic rings. The largest absolute Gasteiger partial charge is 0.492 e. The molecule has 1 atom stereocenters. The molecular weight excluding hydrogens is 360 g/mol. The molecule has 2 aromatic carbocycles. The van der Waals surface area contributed by atoms with Crippen molar-refractivity contribution in [3.05, 3.63) is 64.7 Å². The number of hydrogen-bond donors (Lipinski definition) is 1. The highest BCUT2D eigenvalue weighted by Crippen LogP contribution is 2.27. The first kappa shape index (κ1) is 18.3. The van der Waals surface area contributed by atoms with E-state index in [2.05, 4.69) is 22.3 Å². The zero-order chi connectivity index (χ0) is 18.6. The Hall–Kier alpha value is -2.04. The van der Waals surface area contributed by atoms with Gasteiger partial charge in [0.15, 0.2) is 0 Å². The lowest BCUT2D eigenvalue weighted by Crippen LogP contribution is -2.47. The van der Waals surface area contributed by atoms with Gasteiger partial charge in [-0.25, -0.2) is 0 Å². The van der Waals surface area contributed by atoms with Gasteiger partial charge < -0.3 is 10.1 Å². The molecule has 1 saturated heterocycles. The van der Waals surface area contributed by atoms with Gasteiger partial charge in [-0.05, 0) is 48.6 Å². The zero-order valence-corrected chi connectivity index (χ0v) is 16.1. The Kier molecular flexibility index (Phi) is 5.65. The molecule has 2 aromatic rings. The van der Waals surface area contributed by atoms with Crippen LogP contribution in [0.4, 0.5) is 0 Å². The maximum Gasteiger partial charge on any atom is 0.227 e. The standard InChI is InChI=1S/C22H25ClN2O2/c23-19-7-5-16(6-8-19)14-25-11-9-20(10-12-25)24-22(26)18-13-17-3-1-2-4-21(17)27-15-18/h1-8,18,20H,9-15H2,(H,24,26). The second-order valence-electron chi connectivity index (χ2n) is 7.51. The zero-order valence-electron chi connectivity index (χ0n) is 15.4. The molecule has 0 bridgehead atoms. The summed E-state index contributed by atoms with van der Waals surface area (Å²) < 4.78 is 5.76. The molecule has 27 heavy (non-hydrogen) atoms. The van der Waals surface area contributed by atoms with Gasteiger partial charge in [0.25, 0.3) is 0 Å². The number of carbonyl (C=O) groups excluding carboxylic acids is 1. The second-order valence-corrected chi connectivity index (χ2v) is 7.94. The van der Waals surface area contributed by atoms with Gasteiger partial charge in [-0.15, -0.1) is 0 Å². The van der Waals surface area contributed by atoms with E-state index < -0.39 is 0 Å². The Labute approximate surface area is 165 Å². The Bertz CT molecular complexity index is 785. The third-order valence-electron chi connectivity index (χ3n) is 5.50. The summed E-state index contributed by atoms with van der Waals surface area (Å²) in [6, 6.07) is 16.3. The summed E-state index contributed by atoms with van der Waals surface area (Å²) in [7, 11) is 0. The smallest absolute Gasteiger partial charge is 0.227 e. The van der Waals surface area contributed by atoms with E-state index in [0.29, 0.717) is 6.61 Å². The number of piperidine rings is 1. The van der Waals surface area contributed by atoms with E-state index in [9.17, 15) is 4.79 Å². The maximum atomic E-state index is 12.7. The fraction of sp³-hybridized carbons (Fsp3) is 0.409.